The van der Waals surface area contributed by atoms with E-state index in [2.05, 4.69) is 0 Å². The molecule has 98 valence electrons. The van der Waals surface area contributed by atoms with E-state index in [1.54, 1.807) is 17.0 Å². The number of hydrogen-bond acceptors (Lipinski definition) is 3. The predicted molar refractivity (Wildman–Crippen MR) is 63.6 cm³/mol. The fourth-order valence-electron chi connectivity index (χ4n) is 1.87. The zero-order valence-electron chi connectivity index (χ0n) is 10.3. The quantitative estimate of drug-likeness (QED) is 0.824. The van der Waals surface area contributed by atoms with Crippen LogP contribution in [0.1, 0.15) is 13.3 Å². The molecule has 1 saturated heterocycles. The highest BCUT2D eigenvalue weighted by Crippen LogP contribution is 2.14. The molecule has 1 unspecified atom stereocenters. The number of hydrogen-bond donors (Lipinski definition) is 0. The summed E-state index contributed by atoms with van der Waals surface area (Å²) in [6, 6.07) is 5.74. The molecule has 4 nitrogen and oxygen atoms in total. The minimum Gasteiger partial charge on any atom is -0.484 e. The lowest BCUT2D eigenvalue weighted by atomic mass is 10.3. The summed E-state index contributed by atoms with van der Waals surface area (Å²) in [4.78, 5) is 13.5. The maximum absolute atomic E-state index is 12.9. The summed E-state index contributed by atoms with van der Waals surface area (Å²) >= 11 is 0. The summed E-state index contributed by atoms with van der Waals surface area (Å²) in [6.45, 7) is 3.08. The van der Waals surface area contributed by atoms with Gasteiger partial charge < -0.3 is 14.4 Å². The van der Waals surface area contributed by atoms with E-state index in [0.717, 1.165) is 6.42 Å². The van der Waals surface area contributed by atoms with Crippen LogP contribution in [0, 0.1) is 5.82 Å². The van der Waals surface area contributed by atoms with Crippen molar-refractivity contribution in [2.24, 2.45) is 0 Å². The first kappa shape index (κ1) is 12.8. The van der Waals surface area contributed by atoms with Gasteiger partial charge in [0.25, 0.3) is 5.91 Å². The van der Waals surface area contributed by atoms with Crippen LogP contribution in [0.15, 0.2) is 24.3 Å². The highest BCUT2D eigenvalue weighted by atomic mass is 19.1. The molecule has 0 aliphatic carbocycles. The second-order valence-corrected chi connectivity index (χ2v) is 4.16. The summed E-state index contributed by atoms with van der Waals surface area (Å²) in [5, 5.41) is 0. The van der Waals surface area contributed by atoms with E-state index < -0.39 is 0 Å². The molecule has 5 heteroatoms. The molecule has 0 aromatic heterocycles. The van der Waals surface area contributed by atoms with Crippen molar-refractivity contribution in [3.63, 3.8) is 0 Å². The molecule has 1 fully saturated rings. The van der Waals surface area contributed by atoms with Crippen LogP contribution in [0.3, 0.4) is 0 Å². The number of carbonyl (C=O) groups excluding carboxylic acids is 1. The lowest BCUT2D eigenvalue weighted by Gasteiger charge is -2.33. The van der Waals surface area contributed by atoms with Crippen molar-refractivity contribution in [2.75, 3.05) is 19.8 Å². The van der Waals surface area contributed by atoms with Crippen molar-refractivity contribution in [1.82, 2.24) is 4.90 Å². The summed E-state index contributed by atoms with van der Waals surface area (Å²) < 4.78 is 23.5. The normalized spacial score (nSPS) is 19.7. The van der Waals surface area contributed by atoms with Crippen LogP contribution in [0.25, 0.3) is 0 Å². The molecule has 0 saturated carbocycles. The van der Waals surface area contributed by atoms with E-state index >= 15 is 0 Å². The minimum absolute atomic E-state index is 0.100. The van der Waals surface area contributed by atoms with Crippen molar-refractivity contribution in [3.05, 3.63) is 30.1 Å². The highest BCUT2D eigenvalue weighted by molar-refractivity contribution is 5.78. The second kappa shape index (κ2) is 5.82. The first-order valence-corrected chi connectivity index (χ1v) is 5.96. The van der Waals surface area contributed by atoms with Gasteiger partial charge in [-0.2, -0.15) is 0 Å². The van der Waals surface area contributed by atoms with Crippen LogP contribution in [0.2, 0.25) is 0 Å². The van der Waals surface area contributed by atoms with Crippen molar-refractivity contribution in [3.8, 4) is 5.75 Å². The van der Waals surface area contributed by atoms with E-state index in [1.165, 1.54) is 12.1 Å². The lowest BCUT2D eigenvalue weighted by Crippen LogP contribution is -2.46. The third-order valence-electron chi connectivity index (χ3n) is 2.82. The van der Waals surface area contributed by atoms with Gasteiger partial charge in [-0.3, -0.25) is 4.79 Å². The molecule has 0 radical (unpaired) electrons. The van der Waals surface area contributed by atoms with E-state index in [-0.39, 0.29) is 24.6 Å². The van der Waals surface area contributed by atoms with Gasteiger partial charge >= 0.3 is 0 Å². The smallest absolute Gasteiger partial charge is 0.262 e. The number of ether oxygens (including phenoxy) is 2. The number of carbonyl (C=O) groups is 1. The maximum Gasteiger partial charge on any atom is 0.262 e. The molecule has 0 N–H and O–H groups in total. The fraction of sp³-hybridized carbons (Fsp3) is 0.462. The molecular weight excluding hydrogens is 237 g/mol. The van der Waals surface area contributed by atoms with Crippen molar-refractivity contribution in [1.29, 1.82) is 0 Å². The fourth-order valence-corrected chi connectivity index (χ4v) is 1.87. The minimum atomic E-state index is -0.380. The Balaban J connectivity index is 1.88. The molecule has 1 aromatic carbocycles. The van der Waals surface area contributed by atoms with Crippen molar-refractivity contribution >= 4 is 5.91 Å². The van der Waals surface area contributed by atoms with Crippen molar-refractivity contribution < 1.29 is 18.7 Å². The van der Waals surface area contributed by atoms with Gasteiger partial charge in [-0.05, 0) is 25.5 Å². The topological polar surface area (TPSA) is 38.8 Å². The first-order valence-electron chi connectivity index (χ1n) is 5.96. The lowest BCUT2D eigenvalue weighted by molar-refractivity contribution is -0.154. The zero-order valence-corrected chi connectivity index (χ0v) is 10.3. The maximum atomic E-state index is 12.9. The number of benzene rings is 1. The molecule has 1 atom stereocenters. The molecule has 1 amide bonds. The molecular formula is C13H16FNO3. The third kappa shape index (κ3) is 3.20. The van der Waals surface area contributed by atoms with Crippen LogP contribution in [0.5, 0.6) is 5.75 Å². The molecule has 2 rings (SSSR count). The molecule has 0 bridgehead atoms. The Morgan fingerprint density at radius 1 is 1.61 bits per heavy atom. The monoisotopic (exact) mass is 253 g/mol. The van der Waals surface area contributed by atoms with Crippen LogP contribution in [-0.2, 0) is 9.53 Å². The molecule has 1 aliphatic rings. The Morgan fingerprint density at radius 2 is 2.44 bits per heavy atom. The summed E-state index contributed by atoms with van der Waals surface area (Å²) in [7, 11) is 0. The molecule has 0 spiro atoms. The van der Waals surface area contributed by atoms with Gasteiger partial charge in [-0.25, -0.2) is 4.39 Å². The third-order valence-corrected chi connectivity index (χ3v) is 2.82. The van der Waals surface area contributed by atoms with Gasteiger partial charge in [0.15, 0.2) is 6.61 Å². The average molecular weight is 253 g/mol. The van der Waals surface area contributed by atoms with Crippen LogP contribution in [0.4, 0.5) is 4.39 Å². The Kier molecular flexibility index (Phi) is 4.15. The number of amides is 1. The largest absolute Gasteiger partial charge is 0.484 e. The molecule has 1 aromatic rings. The SMILES string of the molecule is CC1OCCCN1C(=O)COc1cccc(F)c1. The second-order valence-electron chi connectivity index (χ2n) is 4.16. The number of halogens is 1. The van der Waals surface area contributed by atoms with Gasteiger partial charge in [0, 0.05) is 12.6 Å². The average Bonchev–Trinajstić information content (AvgIpc) is 2.37. The standard InChI is InChI=1S/C13H16FNO3/c1-10-15(6-3-7-17-10)13(16)9-18-12-5-2-4-11(14)8-12/h2,4-5,8,10H,3,6-7,9H2,1H3. The van der Waals surface area contributed by atoms with Gasteiger partial charge in [0.1, 0.15) is 17.8 Å². The Hall–Kier alpha value is -1.62. The zero-order chi connectivity index (χ0) is 13.0. The van der Waals surface area contributed by atoms with Gasteiger partial charge in [0.05, 0.1) is 6.61 Å². The van der Waals surface area contributed by atoms with Gasteiger partial charge in [-0.1, -0.05) is 6.07 Å². The number of nitrogens with zero attached hydrogens (tertiary/aromatic N) is 1. The van der Waals surface area contributed by atoms with Crippen LogP contribution < -0.4 is 4.74 Å². The van der Waals surface area contributed by atoms with E-state index in [0.29, 0.717) is 18.9 Å². The van der Waals surface area contributed by atoms with Gasteiger partial charge in [0.2, 0.25) is 0 Å². The first-order chi connectivity index (χ1) is 8.66. The predicted octanol–water partition coefficient (Wildman–Crippen LogP) is 1.80. The molecule has 1 heterocycles. The Morgan fingerprint density at radius 3 is 3.17 bits per heavy atom. The number of rotatable bonds is 3. The summed E-state index contributed by atoms with van der Waals surface area (Å²) in [5.74, 6) is -0.171. The van der Waals surface area contributed by atoms with E-state index in [1.807, 2.05) is 6.92 Å². The summed E-state index contributed by atoms with van der Waals surface area (Å²) in [5.41, 5.74) is 0. The van der Waals surface area contributed by atoms with E-state index in [4.69, 9.17) is 9.47 Å². The van der Waals surface area contributed by atoms with E-state index in [9.17, 15) is 9.18 Å². The summed E-state index contributed by atoms with van der Waals surface area (Å²) in [6.07, 6.45) is 0.609. The van der Waals surface area contributed by atoms with Crippen molar-refractivity contribution in [2.45, 2.75) is 19.6 Å². The Labute approximate surface area is 105 Å². The molecule has 18 heavy (non-hydrogen) atoms. The Bertz CT molecular complexity index is 424. The molecule has 1 aliphatic heterocycles. The van der Waals surface area contributed by atoms with Gasteiger partial charge in [-0.15, -0.1) is 0 Å². The van der Waals surface area contributed by atoms with Crippen LogP contribution in [-0.4, -0.2) is 36.8 Å². The highest BCUT2D eigenvalue weighted by Gasteiger charge is 2.23. The van der Waals surface area contributed by atoms with Crippen LogP contribution >= 0.6 is 0 Å².